The monoisotopic (exact) mass is 392 g/mol. The van der Waals surface area contributed by atoms with E-state index in [4.69, 9.17) is 9.72 Å². The summed E-state index contributed by atoms with van der Waals surface area (Å²) in [6, 6.07) is 5.85. The summed E-state index contributed by atoms with van der Waals surface area (Å²) in [7, 11) is 2.13. The molecule has 1 aromatic carbocycles. The van der Waals surface area contributed by atoms with Crippen LogP contribution in [0, 0.1) is 0 Å². The number of likely N-dealkylation sites (N-methyl/N-ethyl adjacent to an activating group) is 1. The number of carbonyl (C=O) groups excluding carboxylic acids is 1. The van der Waals surface area contributed by atoms with E-state index in [1.165, 1.54) is 11.3 Å². The normalized spacial score (nSPS) is 24.0. The molecule has 0 spiro atoms. The Balaban J connectivity index is 1.32. The molecule has 2 aromatic rings. The standard InChI is InChI=1S/C23H28N4O2/c1-15-10-18-11-16(5-6-21(18)29-15)23(28)27-8-3-4-17(14-27)22-24-12-19-13-26(2)9-7-20(19)25-22/h5-6,11-12,15,17H,3-4,7-10,13-14H2,1-2H3/t15-,17-/m0/s1. The van der Waals surface area contributed by atoms with Gasteiger partial charge >= 0.3 is 0 Å². The Kier molecular flexibility index (Phi) is 4.74. The summed E-state index contributed by atoms with van der Waals surface area (Å²) in [4.78, 5) is 27.0. The number of hydrogen-bond donors (Lipinski definition) is 0. The number of amides is 1. The van der Waals surface area contributed by atoms with Crippen molar-refractivity contribution in [3.8, 4) is 5.75 Å². The third kappa shape index (κ3) is 3.62. The Morgan fingerprint density at radius 1 is 1.24 bits per heavy atom. The minimum Gasteiger partial charge on any atom is -0.490 e. The van der Waals surface area contributed by atoms with Gasteiger partial charge in [0.15, 0.2) is 0 Å². The molecule has 0 saturated carbocycles. The molecule has 0 unspecified atom stereocenters. The van der Waals surface area contributed by atoms with E-state index in [1.54, 1.807) is 0 Å². The first-order chi connectivity index (χ1) is 14.1. The molecule has 0 bridgehead atoms. The molecule has 6 heteroatoms. The van der Waals surface area contributed by atoms with Crippen molar-refractivity contribution in [3.63, 3.8) is 0 Å². The van der Waals surface area contributed by atoms with Crippen LogP contribution in [-0.4, -0.2) is 58.5 Å². The fourth-order valence-corrected chi connectivity index (χ4v) is 4.78. The molecule has 1 fully saturated rings. The SMILES string of the molecule is C[C@H]1Cc2cc(C(=O)N3CCC[C@H](c4ncc5c(n4)CCN(C)C5)C3)ccc2O1. The fourth-order valence-electron chi connectivity index (χ4n) is 4.78. The highest BCUT2D eigenvalue weighted by molar-refractivity contribution is 5.94. The third-order valence-electron chi connectivity index (χ3n) is 6.36. The Morgan fingerprint density at radius 3 is 3.03 bits per heavy atom. The summed E-state index contributed by atoms with van der Waals surface area (Å²) >= 11 is 0. The highest BCUT2D eigenvalue weighted by atomic mass is 16.5. The van der Waals surface area contributed by atoms with E-state index in [9.17, 15) is 4.79 Å². The Labute approximate surface area is 171 Å². The van der Waals surface area contributed by atoms with E-state index in [0.29, 0.717) is 6.54 Å². The van der Waals surface area contributed by atoms with Crippen LogP contribution < -0.4 is 4.74 Å². The number of benzene rings is 1. The summed E-state index contributed by atoms with van der Waals surface area (Å²) in [5, 5.41) is 0. The Hall–Kier alpha value is -2.47. The molecule has 6 nitrogen and oxygen atoms in total. The van der Waals surface area contributed by atoms with Gasteiger partial charge in [0.25, 0.3) is 5.91 Å². The van der Waals surface area contributed by atoms with Gasteiger partial charge in [-0.3, -0.25) is 4.79 Å². The topological polar surface area (TPSA) is 58.6 Å². The maximum atomic E-state index is 13.2. The summed E-state index contributed by atoms with van der Waals surface area (Å²) in [6.07, 6.45) is 6.07. The lowest BCUT2D eigenvalue weighted by molar-refractivity contribution is 0.0704. The summed E-state index contributed by atoms with van der Waals surface area (Å²) < 4.78 is 5.77. The number of piperidine rings is 1. The average Bonchev–Trinajstić information content (AvgIpc) is 3.12. The van der Waals surface area contributed by atoms with E-state index in [-0.39, 0.29) is 17.9 Å². The largest absolute Gasteiger partial charge is 0.490 e. The highest BCUT2D eigenvalue weighted by Crippen LogP contribution is 2.31. The van der Waals surface area contributed by atoms with Gasteiger partial charge in [0.05, 0.1) is 0 Å². The lowest BCUT2D eigenvalue weighted by Gasteiger charge is -2.33. The van der Waals surface area contributed by atoms with Gasteiger partial charge in [0.2, 0.25) is 0 Å². The van der Waals surface area contributed by atoms with E-state index >= 15 is 0 Å². The van der Waals surface area contributed by atoms with Crippen LogP contribution in [0.4, 0.5) is 0 Å². The van der Waals surface area contributed by atoms with Gasteiger partial charge in [0.1, 0.15) is 17.7 Å². The van der Waals surface area contributed by atoms with Crippen molar-refractivity contribution in [2.45, 2.75) is 51.2 Å². The van der Waals surface area contributed by atoms with E-state index in [0.717, 1.165) is 68.0 Å². The van der Waals surface area contributed by atoms with Gasteiger partial charge in [-0.15, -0.1) is 0 Å². The van der Waals surface area contributed by atoms with Crippen LogP contribution >= 0.6 is 0 Å². The van der Waals surface area contributed by atoms with Crippen molar-refractivity contribution < 1.29 is 9.53 Å². The zero-order valence-corrected chi connectivity index (χ0v) is 17.2. The lowest BCUT2D eigenvalue weighted by atomic mass is 9.95. The predicted molar refractivity (Wildman–Crippen MR) is 110 cm³/mol. The molecule has 152 valence electrons. The van der Waals surface area contributed by atoms with Gasteiger partial charge in [-0.1, -0.05) is 0 Å². The van der Waals surface area contributed by atoms with Crippen LogP contribution in [0.1, 0.15) is 58.7 Å². The first-order valence-electron chi connectivity index (χ1n) is 10.7. The van der Waals surface area contributed by atoms with Crippen LogP contribution in [0.25, 0.3) is 0 Å². The molecular weight excluding hydrogens is 364 g/mol. The minimum atomic E-state index is 0.108. The molecule has 1 amide bonds. The van der Waals surface area contributed by atoms with Crippen molar-refractivity contribution in [1.29, 1.82) is 0 Å². The van der Waals surface area contributed by atoms with Crippen molar-refractivity contribution in [1.82, 2.24) is 19.8 Å². The van der Waals surface area contributed by atoms with Gasteiger partial charge in [-0.2, -0.15) is 0 Å². The van der Waals surface area contributed by atoms with Crippen LogP contribution in [-0.2, 0) is 19.4 Å². The highest BCUT2D eigenvalue weighted by Gasteiger charge is 2.29. The fraction of sp³-hybridized carbons (Fsp3) is 0.522. The molecular formula is C23H28N4O2. The Morgan fingerprint density at radius 2 is 2.14 bits per heavy atom. The molecule has 5 rings (SSSR count). The van der Waals surface area contributed by atoms with Gasteiger partial charge < -0.3 is 14.5 Å². The number of aromatic nitrogens is 2. The first-order valence-corrected chi connectivity index (χ1v) is 10.7. The van der Waals surface area contributed by atoms with Gasteiger partial charge in [0, 0.05) is 68.0 Å². The van der Waals surface area contributed by atoms with Gasteiger partial charge in [-0.05, 0) is 50.6 Å². The number of carbonyl (C=O) groups is 1. The van der Waals surface area contributed by atoms with Crippen molar-refractivity contribution >= 4 is 5.91 Å². The van der Waals surface area contributed by atoms with Crippen molar-refractivity contribution in [3.05, 3.63) is 52.6 Å². The first kappa shape index (κ1) is 18.6. The van der Waals surface area contributed by atoms with E-state index in [1.807, 2.05) is 29.3 Å². The van der Waals surface area contributed by atoms with Crippen LogP contribution in [0.15, 0.2) is 24.4 Å². The lowest BCUT2D eigenvalue weighted by Crippen LogP contribution is -2.39. The second-order valence-electron chi connectivity index (χ2n) is 8.73. The number of nitrogens with zero attached hydrogens (tertiary/aromatic N) is 4. The number of rotatable bonds is 2. The third-order valence-corrected chi connectivity index (χ3v) is 6.36. The molecule has 1 aromatic heterocycles. The second kappa shape index (κ2) is 7.41. The molecule has 3 aliphatic rings. The molecule has 1 saturated heterocycles. The van der Waals surface area contributed by atoms with Crippen molar-refractivity contribution in [2.24, 2.45) is 0 Å². The summed E-state index contributed by atoms with van der Waals surface area (Å²) in [6.45, 7) is 5.52. The minimum absolute atomic E-state index is 0.108. The van der Waals surface area contributed by atoms with Crippen LogP contribution in [0.2, 0.25) is 0 Å². The molecule has 2 atom stereocenters. The summed E-state index contributed by atoms with van der Waals surface area (Å²) in [5.41, 5.74) is 4.32. The average molecular weight is 393 g/mol. The van der Waals surface area contributed by atoms with Crippen molar-refractivity contribution in [2.75, 3.05) is 26.7 Å². The Bertz CT molecular complexity index is 944. The number of ether oxygens (including phenoxy) is 1. The maximum Gasteiger partial charge on any atom is 0.253 e. The van der Waals surface area contributed by atoms with Gasteiger partial charge in [-0.25, -0.2) is 9.97 Å². The molecule has 29 heavy (non-hydrogen) atoms. The number of likely N-dealkylation sites (tertiary alicyclic amines) is 1. The zero-order valence-electron chi connectivity index (χ0n) is 17.2. The maximum absolute atomic E-state index is 13.2. The van der Waals surface area contributed by atoms with E-state index < -0.39 is 0 Å². The van der Waals surface area contributed by atoms with Crippen LogP contribution in [0.3, 0.4) is 0 Å². The smallest absolute Gasteiger partial charge is 0.253 e. The molecule has 0 radical (unpaired) electrons. The number of fused-ring (bicyclic) bond motifs is 2. The second-order valence-corrected chi connectivity index (χ2v) is 8.73. The molecule has 0 N–H and O–H groups in total. The quantitative estimate of drug-likeness (QED) is 0.787. The summed E-state index contributed by atoms with van der Waals surface area (Å²) in [5.74, 6) is 2.15. The molecule has 3 aliphatic heterocycles. The predicted octanol–water partition coefficient (Wildman–Crippen LogP) is 2.81. The van der Waals surface area contributed by atoms with E-state index in [2.05, 4.69) is 23.9 Å². The number of hydrogen-bond acceptors (Lipinski definition) is 5. The van der Waals surface area contributed by atoms with Crippen LogP contribution in [0.5, 0.6) is 5.75 Å². The molecule has 0 aliphatic carbocycles. The zero-order chi connectivity index (χ0) is 20.0. The molecule has 4 heterocycles.